The maximum Gasteiger partial charge on any atom is 0.338 e. The first kappa shape index (κ1) is 24.3. The van der Waals surface area contributed by atoms with Crippen molar-refractivity contribution in [3.05, 3.63) is 46.3 Å². The van der Waals surface area contributed by atoms with E-state index < -0.39 is 17.5 Å². The highest BCUT2D eigenvalue weighted by atomic mass is 16.6. The predicted molar refractivity (Wildman–Crippen MR) is 127 cm³/mol. The van der Waals surface area contributed by atoms with Crippen molar-refractivity contribution in [2.75, 3.05) is 13.1 Å². The molecule has 0 radical (unpaired) electrons. The smallest absolute Gasteiger partial charge is 0.338 e. The third kappa shape index (κ3) is 3.99. The summed E-state index contributed by atoms with van der Waals surface area (Å²) in [4.78, 5) is 37.2. The van der Waals surface area contributed by atoms with E-state index in [1.165, 1.54) is 10.5 Å². The summed E-state index contributed by atoms with van der Waals surface area (Å²) >= 11 is 0. The molecule has 0 saturated heterocycles. The van der Waals surface area contributed by atoms with E-state index in [1.54, 1.807) is 6.92 Å². The fourth-order valence-electron chi connectivity index (χ4n) is 6.53. The fourth-order valence-corrected chi connectivity index (χ4v) is 6.53. The number of carboxylic acid groups (broad SMARTS) is 1. The molecule has 2 aliphatic carbocycles. The van der Waals surface area contributed by atoms with E-state index in [4.69, 9.17) is 9.84 Å². The monoisotopic (exact) mass is 469 g/mol. The first-order valence-electron chi connectivity index (χ1n) is 12.3. The number of carboxylic acids is 1. The van der Waals surface area contributed by atoms with Gasteiger partial charge in [-0.3, -0.25) is 9.59 Å². The molecule has 2 aliphatic heterocycles. The molecule has 0 aromatic rings. The molecule has 0 aromatic carbocycles. The van der Waals surface area contributed by atoms with Crippen molar-refractivity contribution >= 4 is 17.8 Å². The molecule has 2 heterocycles. The number of carbonyl (C=O) groups excluding carboxylic acids is 2. The number of hydrogen-bond acceptors (Lipinski definition) is 5. The molecule has 0 bridgehead atoms. The Balaban J connectivity index is 1.50. The Labute approximate surface area is 200 Å². The van der Waals surface area contributed by atoms with Crippen LogP contribution in [0.4, 0.5) is 0 Å². The molecule has 7 nitrogen and oxygen atoms in total. The van der Waals surface area contributed by atoms with Gasteiger partial charge in [-0.25, -0.2) is 4.79 Å². The Morgan fingerprint density at radius 1 is 1.29 bits per heavy atom. The van der Waals surface area contributed by atoms with Crippen LogP contribution in [-0.4, -0.2) is 51.6 Å². The van der Waals surface area contributed by atoms with Crippen molar-refractivity contribution in [2.24, 2.45) is 23.7 Å². The van der Waals surface area contributed by atoms with Crippen molar-refractivity contribution in [2.45, 2.75) is 65.4 Å². The summed E-state index contributed by atoms with van der Waals surface area (Å²) in [5.74, 6) is -1.11. The van der Waals surface area contributed by atoms with Crippen LogP contribution < -0.4 is 0 Å². The second kappa shape index (κ2) is 9.08. The van der Waals surface area contributed by atoms with Crippen molar-refractivity contribution in [1.82, 2.24) is 4.90 Å². The maximum absolute atomic E-state index is 12.5. The summed E-state index contributed by atoms with van der Waals surface area (Å²) in [6.07, 6.45) is 10.3. The number of hydrogen-bond donors (Lipinski definition) is 2. The highest BCUT2D eigenvalue weighted by molar-refractivity contribution is 5.97. The number of amides is 1. The summed E-state index contributed by atoms with van der Waals surface area (Å²) in [6.45, 7) is 8.08. The van der Waals surface area contributed by atoms with Gasteiger partial charge in [0.1, 0.15) is 12.3 Å². The molecule has 184 valence electrons. The molecule has 2 N–H and O–H groups in total. The second-order valence-electron chi connectivity index (χ2n) is 10.5. The zero-order chi connectivity index (χ0) is 24.8. The summed E-state index contributed by atoms with van der Waals surface area (Å²) in [6, 6.07) is 0. The number of esters is 1. The van der Waals surface area contributed by atoms with Crippen LogP contribution in [-0.2, 0) is 19.1 Å². The van der Waals surface area contributed by atoms with E-state index in [1.807, 2.05) is 13.0 Å². The van der Waals surface area contributed by atoms with Gasteiger partial charge in [0.05, 0.1) is 5.57 Å². The van der Waals surface area contributed by atoms with E-state index in [0.29, 0.717) is 35.9 Å². The van der Waals surface area contributed by atoms with Gasteiger partial charge >= 0.3 is 11.9 Å². The van der Waals surface area contributed by atoms with Gasteiger partial charge in [-0.1, -0.05) is 36.3 Å². The Bertz CT molecular complexity index is 1030. The number of aliphatic hydroxyl groups excluding tert-OH is 1. The van der Waals surface area contributed by atoms with Gasteiger partial charge < -0.3 is 19.8 Å². The lowest BCUT2D eigenvalue weighted by atomic mass is 9.62. The van der Waals surface area contributed by atoms with E-state index in [2.05, 4.69) is 26.0 Å². The Kier molecular flexibility index (Phi) is 6.49. The van der Waals surface area contributed by atoms with E-state index >= 15 is 0 Å². The third-order valence-corrected chi connectivity index (χ3v) is 8.22. The first-order chi connectivity index (χ1) is 16.1. The average Bonchev–Trinajstić information content (AvgIpc) is 3.39. The van der Waals surface area contributed by atoms with Gasteiger partial charge in [-0.15, -0.1) is 0 Å². The highest BCUT2D eigenvalue weighted by Gasteiger charge is 2.62. The molecule has 34 heavy (non-hydrogen) atoms. The molecule has 5 atom stereocenters. The van der Waals surface area contributed by atoms with Crippen LogP contribution in [0.5, 0.6) is 0 Å². The maximum atomic E-state index is 12.5. The van der Waals surface area contributed by atoms with Crippen molar-refractivity contribution in [3.8, 4) is 0 Å². The summed E-state index contributed by atoms with van der Waals surface area (Å²) in [5, 5.41) is 20.1. The van der Waals surface area contributed by atoms with Crippen LogP contribution in [0.1, 0.15) is 59.8 Å². The molecule has 1 saturated carbocycles. The fraction of sp³-hybridized carbons (Fsp3) is 0.593. The van der Waals surface area contributed by atoms with Gasteiger partial charge in [0.2, 0.25) is 5.91 Å². The zero-order valence-electron chi connectivity index (χ0n) is 20.5. The zero-order valence-corrected chi connectivity index (χ0v) is 20.5. The third-order valence-electron chi connectivity index (χ3n) is 8.22. The molecule has 1 fully saturated rings. The van der Waals surface area contributed by atoms with E-state index in [9.17, 15) is 19.5 Å². The number of ether oxygens (including phenoxy) is 1. The lowest BCUT2D eigenvalue weighted by Gasteiger charge is -2.46. The number of allylic oxidation sites excluding steroid dienone is 2. The predicted octanol–water partition coefficient (Wildman–Crippen LogP) is 4.32. The van der Waals surface area contributed by atoms with Crippen LogP contribution in [0, 0.1) is 23.7 Å². The topological polar surface area (TPSA) is 104 Å². The molecular weight excluding hydrogens is 434 g/mol. The minimum Gasteiger partial charge on any atom is -0.507 e. The van der Waals surface area contributed by atoms with E-state index in [0.717, 1.165) is 31.3 Å². The SMILES string of the molecule is CC1=C[C@@H](/C=C(\C)CCCC2=CCN(CC(=O)O)C2=O)[C@]2(OC(=O)C(C)=C2O)[C@@H]2[C@@H](C)CC[C@@H]12. The quantitative estimate of drug-likeness (QED) is 0.425. The van der Waals surface area contributed by atoms with Gasteiger partial charge in [0, 0.05) is 24.0 Å². The Hall–Kier alpha value is -2.83. The summed E-state index contributed by atoms with van der Waals surface area (Å²) in [7, 11) is 0. The number of fused-ring (bicyclic) bond motifs is 2. The van der Waals surface area contributed by atoms with Crippen LogP contribution in [0.25, 0.3) is 0 Å². The van der Waals surface area contributed by atoms with Gasteiger partial charge in [0.25, 0.3) is 0 Å². The first-order valence-corrected chi connectivity index (χ1v) is 12.3. The molecule has 0 aromatic heterocycles. The van der Waals surface area contributed by atoms with Crippen molar-refractivity contribution in [3.63, 3.8) is 0 Å². The van der Waals surface area contributed by atoms with Gasteiger partial charge in [0.15, 0.2) is 5.60 Å². The molecule has 4 aliphatic rings. The molecule has 4 rings (SSSR count). The lowest BCUT2D eigenvalue weighted by molar-refractivity contribution is -0.161. The molecule has 1 spiro atoms. The van der Waals surface area contributed by atoms with Gasteiger partial charge in [-0.05, 0) is 64.7 Å². The van der Waals surface area contributed by atoms with Crippen molar-refractivity contribution in [1.29, 1.82) is 0 Å². The van der Waals surface area contributed by atoms with Crippen LogP contribution in [0.3, 0.4) is 0 Å². The summed E-state index contributed by atoms with van der Waals surface area (Å²) < 4.78 is 6.04. The average molecular weight is 470 g/mol. The number of aliphatic hydroxyl groups is 1. The number of nitrogens with zero attached hydrogens (tertiary/aromatic N) is 1. The molecule has 1 amide bonds. The minimum absolute atomic E-state index is 0.0504. The van der Waals surface area contributed by atoms with E-state index in [-0.39, 0.29) is 30.0 Å². The summed E-state index contributed by atoms with van der Waals surface area (Å²) in [5.41, 5.74) is 2.34. The van der Waals surface area contributed by atoms with Gasteiger partial charge in [-0.2, -0.15) is 0 Å². The van der Waals surface area contributed by atoms with Crippen molar-refractivity contribution < 1.29 is 29.3 Å². The number of rotatable bonds is 7. The minimum atomic E-state index is -1.04. The second-order valence-corrected chi connectivity index (χ2v) is 10.5. The number of carbonyl (C=O) groups is 3. The normalized spacial score (nSPS) is 33.4. The van der Waals surface area contributed by atoms with Crippen LogP contribution in [0.15, 0.2) is 46.3 Å². The molecule has 7 heteroatoms. The number of aliphatic carboxylic acids is 1. The lowest BCUT2D eigenvalue weighted by Crippen LogP contribution is -2.52. The standard InChI is InChI=1S/C27H35NO6/c1-15(6-5-7-19-10-11-28(25(19)32)14-22(29)30)12-20-13-17(3)21-9-8-16(2)23(21)27(20)24(31)18(4)26(33)34-27/h10,12-13,16,20-21,23,31H,5-9,11,14H2,1-4H3,(H,29,30)/b15-12+/t16-,20+,21-,23+,27-/m0/s1. The Morgan fingerprint density at radius 3 is 2.68 bits per heavy atom. The molecule has 0 unspecified atom stereocenters. The Morgan fingerprint density at radius 2 is 2.03 bits per heavy atom. The molecular formula is C27H35NO6. The highest BCUT2D eigenvalue weighted by Crippen LogP contribution is 2.58. The largest absolute Gasteiger partial charge is 0.507 e. The van der Waals surface area contributed by atoms with Crippen LogP contribution >= 0.6 is 0 Å². The van der Waals surface area contributed by atoms with Crippen LogP contribution in [0.2, 0.25) is 0 Å².